The van der Waals surface area contributed by atoms with Crippen LogP contribution in [0.5, 0.6) is 0 Å². The quantitative estimate of drug-likeness (QED) is 0.472. The first-order valence-electron chi connectivity index (χ1n) is 6.58. The first-order valence-corrected chi connectivity index (χ1v) is 7.57. The number of Topliss-reactive ketones (excluding diaryl/α,β-unsaturated/α-hetero) is 1. The molecule has 1 heterocycles. The van der Waals surface area contributed by atoms with Crippen molar-refractivity contribution in [1.29, 1.82) is 0 Å². The molecule has 0 saturated heterocycles. The summed E-state index contributed by atoms with van der Waals surface area (Å²) in [6.07, 6.45) is 0.254. The molecule has 0 spiro atoms. The summed E-state index contributed by atoms with van der Waals surface area (Å²) in [4.78, 5) is 34.3. The number of thioether (sulfide) groups is 1. The Morgan fingerprint density at radius 1 is 1.32 bits per heavy atom. The molecule has 0 atom stereocenters. The highest BCUT2D eigenvalue weighted by molar-refractivity contribution is 7.99. The highest BCUT2D eigenvalue weighted by Crippen LogP contribution is 2.13. The molecule has 116 valence electrons. The van der Waals surface area contributed by atoms with Crippen LogP contribution in [-0.4, -0.2) is 22.7 Å². The van der Waals surface area contributed by atoms with E-state index in [0.29, 0.717) is 22.0 Å². The number of anilines is 1. The van der Waals surface area contributed by atoms with Crippen LogP contribution in [0.1, 0.15) is 23.7 Å². The number of rotatable bonds is 6. The Kier molecular flexibility index (Phi) is 5.16. The van der Waals surface area contributed by atoms with Gasteiger partial charge in [0.15, 0.2) is 12.8 Å². The van der Waals surface area contributed by atoms with Crippen LogP contribution in [-0.2, 0) is 11.8 Å². The van der Waals surface area contributed by atoms with Crippen molar-refractivity contribution in [2.24, 2.45) is 7.05 Å². The fourth-order valence-electron chi connectivity index (χ4n) is 1.74. The fourth-order valence-corrected chi connectivity index (χ4v) is 2.61. The first-order chi connectivity index (χ1) is 10.5. The average molecular weight is 322 g/mol. The van der Waals surface area contributed by atoms with Crippen molar-refractivity contribution in [2.45, 2.75) is 18.4 Å². The maximum atomic E-state index is 11.8. The van der Waals surface area contributed by atoms with Gasteiger partial charge in [-0.2, -0.15) is 0 Å². The van der Waals surface area contributed by atoms with Gasteiger partial charge in [0, 0.05) is 23.4 Å². The van der Waals surface area contributed by atoms with Crippen LogP contribution in [0.3, 0.4) is 0 Å². The van der Waals surface area contributed by atoms with Gasteiger partial charge in [-0.1, -0.05) is 4.68 Å². The molecule has 22 heavy (non-hydrogen) atoms. The number of carbonyl (C=O) groups is 2. The number of nitrogens with zero attached hydrogens (tertiary/aromatic N) is 1. The maximum absolute atomic E-state index is 11.8. The van der Waals surface area contributed by atoms with Crippen molar-refractivity contribution < 1.29 is 18.8 Å². The third-order valence-electron chi connectivity index (χ3n) is 2.90. The second-order valence-electron chi connectivity index (χ2n) is 4.63. The van der Waals surface area contributed by atoms with E-state index in [1.54, 1.807) is 31.3 Å². The van der Waals surface area contributed by atoms with E-state index in [2.05, 4.69) is 15.1 Å². The molecule has 1 aromatic carbocycles. The van der Waals surface area contributed by atoms with Crippen molar-refractivity contribution in [2.75, 3.05) is 11.1 Å². The third kappa shape index (κ3) is 4.08. The van der Waals surface area contributed by atoms with Crippen molar-refractivity contribution in [3.63, 3.8) is 0 Å². The molecule has 0 unspecified atom stereocenters. The molecule has 0 saturated carbocycles. The number of hydrogen-bond acceptors (Lipinski definition) is 5. The maximum Gasteiger partial charge on any atom is 0.441 e. The largest absolute Gasteiger partial charge is 0.441 e. The van der Waals surface area contributed by atoms with Crippen molar-refractivity contribution in [3.05, 3.63) is 40.2 Å². The summed E-state index contributed by atoms with van der Waals surface area (Å²) in [5, 5.41) is 5.56. The van der Waals surface area contributed by atoms with Crippen LogP contribution in [0.2, 0.25) is 0 Å². The van der Waals surface area contributed by atoms with E-state index in [9.17, 15) is 14.4 Å². The topological polar surface area (TPSA) is 96.0 Å². The van der Waals surface area contributed by atoms with Gasteiger partial charge in [0.1, 0.15) is 0 Å². The molecule has 2 rings (SSSR count). The molecule has 0 aliphatic heterocycles. The van der Waals surface area contributed by atoms with Crippen LogP contribution in [0.15, 0.2) is 38.6 Å². The van der Waals surface area contributed by atoms with Gasteiger partial charge in [-0.05, 0) is 48.2 Å². The SMILES string of the molecule is CC(=O)c1ccc(NC(=O)CCSc2c(=O)o[nH][n+]2C)cc1. The first kappa shape index (κ1) is 16.0. The normalized spacial score (nSPS) is 10.5. The number of aromatic nitrogens is 2. The highest BCUT2D eigenvalue weighted by Gasteiger charge is 2.17. The minimum atomic E-state index is -0.451. The van der Waals surface area contributed by atoms with E-state index in [-0.39, 0.29) is 18.1 Å². The van der Waals surface area contributed by atoms with E-state index in [4.69, 9.17) is 0 Å². The zero-order valence-corrected chi connectivity index (χ0v) is 13.0. The standard InChI is InChI=1S/C14H15N3O4S/c1-9(18)10-3-5-11(6-4-10)15-12(19)7-8-22-13-14(20)21-16-17(13)2/h3-6H,7-8H2,1-2H3,(H-,15,16,18,19,20)/p+1. The fraction of sp³-hybridized carbons (Fsp3) is 0.286. The van der Waals surface area contributed by atoms with Gasteiger partial charge in [-0.3, -0.25) is 14.1 Å². The minimum Gasteiger partial charge on any atom is -0.326 e. The van der Waals surface area contributed by atoms with Gasteiger partial charge >= 0.3 is 10.7 Å². The Labute approximate surface area is 130 Å². The monoisotopic (exact) mass is 322 g/mol. The minimum absolute atomic E-state index is 0.0209. The number of amides is 1. The third-order valence-corrected chi connectivity index (χ3v) is 4.02. The van der Waals surface area contributed by atoms with E-state index in [1.807, 2.05) is 0 Å². The molecule has 0 aliphatic carbocycles. The number of aromatic amines is 1. The summed E-state index contributed by atoms with van der Waals surface area (Å²) >= 11 is 1.25. The lowest BCUT2D eigenvalue weighted by atomic mass is 10.1. The average Bonchev–Trinajstić information content (AvgIpc) is 2.79. The lowest BCUT2D eigenvalue weighted by Gasteiger charge is -2.04. The Hall–Kier alpha value is -2.35. The number of nitrogens with one attached hydrogen (secondary N) is 2. The summed E-state index contributed by atoms with van der Waals surface area (Å²) in [6, 6.07) is 6.69. The molecule has 0 aliphatic rings. The number of benzene rings is 1. The smallest absolute Gasteiger partial charge is 0.326 e. The molecule has 7 nitrogen and oxygen atoms in total. The number of carbonyl (C=O) groups excluding carboxylic acids is 2. The summed E-state index contributed by atoms with van der Waals surface area (Å²) in [5.74, 6) is 0.270. The highest BCUT2D eigenvalue weighted by atomic mass is 32.2. The predicted molar refractivity (Wildman–Crippen MR) is 80.9 cm³/mol. The van der Waals surface area contributed by atoms with Crippen molar-refractivity contribution >= 4 is 29.1 Å². The molecule has 1 aromatic heterocycles. The molecule has 8 heteroatoms. The lowest BCUT2D eigenvalue weighted by Crippen LogP contribution is -2.33. The molecular formula is C14H16N3O4S+. The second-order valence-corrected chi connectivity index (χ2v) is 5.71. The molecule has 0 bridgehead atoms. The second kappa shape index (κ2) is 7.08. The van der Waals surface area contributed by atoms with Gasteiger partial charge in [0.2, 0.25) is 5.91 Å². The van der Waals surface area contributed by atoms with Gasteiger partial charge in [0.05, 0.1) is 0 Å². The summed E-state index contributed by atoms with van der Waals surface area (Å²) < 4.78 is 6.08. The van der Waals surface area contributed by atoms with Crippen LogP contribution in [0.4, 0.5) is 5.69 Å². The summed E-state index contributed by atoms with van der Waals surface area (Å²) in [5.41, 5.74) is 0.777. The molecule has 0 radical (unpaired) electrons. The van der Waals surface area contributed by atoms with Crippen LogP contribution >= 0.6 is 11.8 Å². The van der Waals surface area contributed by atoms with E-state index >= 15 is 0 Å². The van der Waals surface area contributed by atoms with Gasteiger partial charge in [-0.25, -0.2) is 4.79 Å². The molecule has 2 aromatic rings. The van der Waals surface area contributed by atoms with Crippen LogP contribution < -0.4 is 15.6 Å². The molecule has 2 N–H and O–H groups in total. The van der Waals surface area contributed by atoms with Crippen LogP contribution in [0, 0.1) is 0 Å². The van der Waals surface area contributed by atoms with Gasteiger partial charge in [0.25, 0.3) is 0 Å². The predicted octanol–water partition coefficient (Wildman–Crippen LogP) is 1.12. The summed E-state index contributed by atoms with van der Waals surface area (Å²) in [6.45, 7) is 1.49. The van der Waals surface area contributed by atoms with Gasteiger partial charge in [-0.15, -0.1) is 0 Å². The van der Waals surface area contributed by atoms with Gasteiger partial charge < -0.3 is 5.32 Å². The molecule has 0 fully saturated rings. The lowest BCUT2D eigenvalue weighted by molar-refractivity contribution is -0.772. The van der Waals surface area contributed by atoms with Crippen molar-refractivity contribution in [1.82, 2.24) is 5.27 Å². The number of H-pyrrole nitrogens is 1. The Balaban J connectivity index is 1.83. The zero-order valence-electron chi connectivity index (χ0n) is 12.2. The Bertz CT molecular complexity index is 733. The van der Waals surface area contributed by atoms with Crippen LogP contribution in [0.25, 0.3) is 0 Å². The number of ketones is 1. The molecular weight excluding hydrogens is 306 g/mol. The summed E-state index contributed by atoms with van der Waals surface area (Å²) in [7, 11) is 1.66. The molecule has 1 amide bonds. The zero-order chi connectivity index (χ0) is 16.1. The van der Waals surface area contributed by atoms with Crippen molar-refractivity contribution in [3.8, 4) is 0 Å². The van der Waals surface area contributed by atoms with E-state index in [0.717, 1.165) is 0 Å². The van der Waals surface area contributed by atoms with E-state index < -0.39 is 5.63 Å². The number of aryl methyl sites for hydroxylation is 1. The Morgan fingerprint density at radius 3 is 2.55 bits per heavy atom. The van der Waals surface area contributed by atoms with E-state index in [1.165, 1.54) is 23.4 Å². The Morgan fingerprint density at radius 2 is 2.00 bits per heavy atom. The number of hydrogen-bond donors (Lipinski definition) is 2.